The maximum Gasteiger partial charge on any atom is 0.573 e. The van der Waals surface area contributed by atoms with E-state index in [1.165, 1.54) is 24.3 Å². The Balaban J connectivity index is 2.00. The van der Waals surface area contributed by atoms with Gasteiger partial charge >= 0.3 is 6.36 Å². The molecule has 0 radical (unpaired) electrons. The van der Waals surface area contributed by atoms with Crippen molar-refractivity contribution in [3.8, 4) is 5.75 Å². The highest BCUT2D eigenvalue weighted by Crippen LogP contribution is 2.27. The zero-order chi connectivity index (χ0) is 18.7. The highest BCUT2D eigenvalue weighted by atomic mass is 19.4. The maximum atomic E-state index is 13.9. The van der Waals surface area contributed by atoms with Crippen LogP contribution in [0.3, 0.4) is 0 Å². The first-order valence-electron chi connectivity index (χ1n) is 7.57. The van der Waals surface area contributed by atoms with E-state index in [0.29, 0.717) is 28.2 Å². The number of carbonyl (C=O) groups excluding carboxylic acids is 1. The molecule has 0 unspecified atom stereocenters. The van der Waals surface area contributed by atoms with Crippen molar-refractivity contribution in [3.05, 3.63) is 77.1 Å². The summed E-state index contributed by atoms with van der Waals surface area (Å²) in [4.78, 5) is 11.0. The van der Waals surface area contributed by atoms with E-state index < -0.39 is 12.1 Å². The van der Waals surface area contributed by atoms with Gasteiger partial charge in [-0.3, -0.25) is 4.79 Å². The molecule has 0 saturated carbocycles. The Morgan fingerprint density at radius 1 is 0.846 bits per heavy atom. The van der Waals surface area contributed by atoms with Crippen LogP contribution in [0.15, 0.2) is 54.6 Å². The third kappa shape index (κ3) is 4.08. The van der Waals surface area contributed by atoms with Crippen LogP contribution in [0.1, 0.15) is 21.5 Å². The molecule has 0 heterocycles. The molecule has 0 amide bonds. The van der Waals surface area contributed by atoms with Gasteiger partial charge in [0.2, 0.25) is 0 Å². The molecule has 0 aliphatic heterocycles. The molecule has 0 aliphatic rings. The molecule has 0 atom stereocenters. The molecule has 3 aromatic rings. The average Bonchev–Trinajstić information content (AvgIpc) is 2.60. The van der Waals surface area contributed by atoms with E-state index in [-0.39, 0.29) is 11.4 Å². The Bertz CT molecular complexity index is 991. The van der Waals surface area contributed by atoms with E-state index in [1.54, 1.807) is 36.4 Å². The molecule has 0 aliphatic carbocycles. The van der Waals surface area contributed by atoms with Crippen molar-refractivity contribution >= 4 is 29.2 Å². The van der Waals surface area contributed by atoms with Gasteiger partial charge in [0.15, 0.2) is 0 Å². The molecule has 0 fully saturated rings. The lowest BCUT2D eigenvalue weighted by atomic mass is 10.0. The van der Waals surface area contributed by atoms with Gasteiger partial charge in [-0.25, -0.2) is 4.39 Å². The fourth-order valence-corrected chi connectivity index (χ4v) is 2.62. The highest BCUT2D eigenvalue weighted by molar-refractivity contribution is 5.93. The van der Waals surface area contributed by atoms with Gasteiger partial charge in [-0.1, -0.05) is 42.5 Å². The lowest BCUT2D eigenvalue weighted by Crippen LogP contribution is -2.17. The third-order valence-electron chi connectivity index (χ3n) is 3.68. The molecule has 26 heavy (non-hydrogen) atoms. The lowest BCUT2D eigenvalue weighted by Gasteiger charge is -2.10. The summed E-state index contributed by atoms with van der Waals surface area (Å²) < 4.78 is 55.0. The molecule has 0 bridgehead atoms. The minimum Gasteiger partial charge on any atom is -0.406 e. The number of halogens is 4. The maximum absolute atomic E-state index is 13.9. The molecular formula is C20H12F4O2. The second kappa shape index (κ2) is 7.00. The summed E-state index contributed by atoms with van der Waals surface area (Å²) >= 11 is 0. The largest absolute Gasteiger partial charge is 0.573 e. The molecule has 0 N–H and O–H groups in total. The molecule has 0 saturated heterocycles. The number of aldehydes is 1. The van der Waals surface area contributed by atoms with Crippen LogP contribution in [-0.4, -0.2) is 12.6 Å². The smallest absolute Gasteiger partial charge is 0.406 e. The first kappa shape index (κ1) is 17.7. The van der Waals surface area contributed by atoms with E-state index in [0.717, 1.165) is 6.07 Å². The minimum absolute atomic E-state index is 0.0513. The van der Waals surface area contributed by atoms with Gasteiger partial charge in [0.1, 0.15) is 17.9 Å². The molecule has 3 aromatic carbocycles. The number of rotatable bonds is 4. The Morgan fingerprint density at radius 2 is 1.54 bits per heavy atom. The number of ether oxygens (including phenoxy) is 1. The van der Waals surface area contributed by atoms with E-state index in [4.69, 9.17) is 0 Å². The van der Waals surface area contributed by atoms with Crippen LogP contribution >= 0.6 is 0 Å². The zero-order valence-electron chi connectivity index (χ0n) is 13.3. The number of alkyl halides is 3. The monoisotopic (exact) mass is 360 g/mol. The van der Waals surface area contributed by atoms with E-state index >= 15 is 0 Å². The summed E-state index contributed by atoms with van der Waals surface area (Å²) in [7, 11) is 0. The zero-order valence-corrected chi connectivity index (χ0v) is 13.3. The van der Waals surface area contributed by atoms with E-state index in [2.05, 4.69) is 4.74 Å². The quantitative estimate of drug-likeness (QED) is 0.331. The number of hydrogen-bond acceptors (Lipinski definition) is 2. The van der Waals surface area contributed by atoms with E-state index in [1.807, 2.05) is 0 Å². The van der Waals surface area contributed by atoms with Gasteiger partial charge in [-0.15, -0.1) is 13.2 Å². The molecule has 3 rings (SSSR count). The van der Waals surface area contributed by atoms with Crippen molar-refractivity contribution in [3.63, 3.8) is 0 Å². The lowest BCUT2D eigenvalue weighted by molar-refractivity contribution is -0.274. The molecule has 0 spiro atoms. The van der Waals surface area contributed by atoms with Crippen LogP contribution in [0.5, 0.6) is 5.75 Å². The SMILES string of the molecule is O=Cc1cc(/C=C/c2ccc(F)c3ccccc23)cc(OC(F)(F)F)c1. The van der Waals surface area contributed by atoms with Crippen LogP contribution < -0.4 is 4.74 Å². The van der Waals surface area contributed by atoms with Crippen molar-refractivity contribution in [2.24, 2.45) is 0 Å². The summed E-state index contributed by atoms with van der Waals surface area (Å²) in [5.74, 6) is -0.840. The van der Waals surface area contributed by atoms with Gasteiger partial charge in [0.05, 0.1) is 0 Å². The predicted octanol–water partition coefficient (Wildman–Crippen LogP) is 5.86. The van der Waals surface area contributed by atoms with Crippen LogP contribution in [0.25, 0.3) is 22.9 Å². The minimum atomic E-state index is -4.85. The van der Waals surface area contributed by atoms with Gasteiger partial charge in [0.25, 0.3) is 0 Å². The summed E-state index contributed by atoms with van der Waals surface area (Å²) in [6.07, 6.45) is -1.23. The van der Waals surface area contributed by atoms with Crippen LogP contribution in [0.4, 0.5) is 17.6 Å². The van der Waals surface area contributed by atoms with Crippen molar-refractivity contribution in [1.82, 2.24) is 0 Å². The van der Waals surface area contributed by atoms with Gasteiger partial charge in [0, 0.05) is 10.9 Å². The van der Waals surface area contributed by atoms with Gasteiger partial charge in [-0.2, -0.15) is 0 Å². The Hall–Kier alpha value is -3.15. The Kier molecular flexibility index (Phi) is 4.75. The van der Waals surface area contributed by atoms with Crippen molar-refractivity contribution in [1.29, 1.82) is 0 Å². The van der Waals surface area contributed by atoms with Crippen LogP contribution in [-0.2, 0) is 0 Å². The first-order valence-corrected chi connectivity index (χ1v) is 7.57. The van der Waals surface area contributed by atoms with Gasteiger partial charge in [-0.05, 0) is 40.8 Å². The number of fused-ring (bicyclic) bond motifs is 1. The van der Waals surface area contributed by atoms with Crippen LogP contribution in [0.2, 0.25) is 0 Å². The molecule has 0 aromatic heterocycles. The summed E-state index contributed by atoms with van der Waals surface area (Å²) in [5, 5.41) is 1.11. The molecule has 132 valence electrons. The van der Waals surface area contributed by atoms with Crippen LogP contribution in [0, 0.1) is 5.82 Å². The normalized spacial score (nSPS) is 11.8. The van der Waals surface area contributed by atoms with Gasteiger partial charge < -0.3 is 4.74 Å². The first-order chi connectivity index (χ1) is 12.4. The second-order valence-electron chi connectivity index (χ2n) is 5.52. The predicted molar refractivity (Wildman–Crippen MR) is 91.3 cm³/mol. The molecule has 6 heteroatoms. The van der Waals surface area contributed by atoms with Crippen molar-refractivity contribution in [2.75, 3.05) is 0 Å². The van der Waals surface area contributed by atoms with Crippen molar-refractivity contribution < 1.29 is 27.1 Å². The summed E-state index contributed by atoms with van der Waals surface area (Å²) in [5.41, 5.74) is 1.09. The fraction of sp³-hybridized carbons (Fsp3) is 0.0500. The molecular weight excluding hydrogens is 348 g/mol. The fourth-order valence-electron chi connectivity index (χ4n) is 2.62. The highest BCUT2D eigenvalue weighted by Gasteiger charge is 2.31. The molecule has 2 nitrogen and oxygen atoms in total. The number of hydrogen-bond donors (Lipinski definition) is 0. The summed E-state index contributed by atoms with van der Waals surface area (Å²) in [6, 6.07) is 13.4. The second-order valence-corrected chi connectivity index (χ2v) is 5.52. The number of benzene rings is 3. The average molecular weight is 360 g/mol. The van der Waals surface area contributed by atoms with E-state index in [9.17, 15) is 22.4 Å². The topological polar surface area (TPSA) is 26.3 Å². The standard InChI is InChI=1S/C20H12F4O2/c21-19-8-7-15(17-3-1-2-4-18(17)19)6-5-13-9-14(12-25)11-16(10-13)26-20(22,23)24/h1-12H/b6-5+. The summed E-state index contributed by atoms with van der Waals surface area (Å²) in [6.45, 7) is 0. The third-order valence-corrected chi connectivity index (χ3v) is 3.68. The Morgan fingerprint density at radius 3 is 2.23 bits per heavy atom. The van der Waals surface area contributed by atoms with Crippen molar-refractivity contribution in [2.45, 2.75) is 6.36 Å². The Labute approximate surface area is 146 Å². The number of carbonyl (C=O) groups is 1.